The predicted molar refractivity (Wildman–Crippen MR) is 59.4 cm³/mol. The van der Waals surface area contributed by atoms with Gasteiger partial charge in [-0.1, -0.05) is 0 Å². The van der Waals surface area contributed by atoms with Gasteiger partial charge in [0.15, 0.2) is 0 Å². The van der Waals surface area contributed by atoms with E-state index >= 15 is 0 Å². The normalized spacial score (nSPS) is 10.5. The second-order valence-corrected chi connectivity index (χ2v) is 4.07. The van der Waals surface area contributed by atoms with Crippen molar-refractivity contribution in [2.24, 2.45) is 0 Å². The summed E-state index contributed by atoms with van der Waals surface area (Å²) < 4.78 is 18.0. The molecular formula is C10H14FNO2S. The van der Waals surface area contributed by atoms with Crippen molar-refractivity contribution in [3.05, 3.63) is 24.0 Å². The summed E-state index contributed by atoms with van der Waals surface area (Å²) in [5.74, 6) is 0.386. The number of aliphatic hydroxyl groups is 1. The second kappa shape index (κ2) is 6.66. The number of anilines is 1. The highest BCUT2D eigenvalue weighted by Gasteiger charge is 1.99. The summed E-state index contributed by atoms with van der Waals surface area (Å²) in [5, 5.41) is 8.46. The van der Waals surface area contributed by atoms with Crippen LogP contribution in [0.3, 0.4) is 0 Å². The zero-order valence-electron chi connectivity index (χ0n) is 8.28. The summed E-state index contributed by atoms with van der Waals surface area (Å²) in [4.78, 5) is 0.792. The third kappa shape index (κ3) is 5.01. The number of thioether (sulfide) groups is 1. The molecule has 0 bridgehead atoms. The Morgan fingerprint density at radius 2 is 2.13 bits per heavy atom. The molecule has 15 heavy (non-hydrogen) atoms. The molecule has 0 spiro atoms. The molecular weight excluding hydrogens is 217 g/mol. The Balaban J connectivity index is 2.31. The van der Waals surface area contributed by atoms with E-state index in [9.17, 15) is 4.39 Å². The predicted octanol–water partition coefficient (Wildman–Crippen LogP) is 1.51. The van der Waals surface area contributed by atoms with Crippen LogP contribution in [0.2, 0.25) is 0 Å². The standard InChI is InChI=1S/C10H14FNO2S/c11-8-5-9(12)7-10(6-8)15-4-3-14-2-1-13/h5-7,13H,1-4,12H2. The highest BCUT2D eigenvalue weighted by atomic mass is 32.2. The van der Waals surface area contributed by atoms with Crippen molar-refractivity contribution in [2.45, 2.75) is 4.90 Å². The third-order valence-corrected chi connectivity index (χ3v) is 2.57. The minimum atomic E-state index is -0.325. The van der Waals surface area contributed by atoms with E-state index in [1.165, 1.54) is 23.9 Å². The molecule has 84 valence electrons. The number of halogens is 1. The van der Waals surface area contributed by atoms with Crippen LogP contribution >= 0.6 is 11.8 Å². The first kappa shape index (κ1) is 12.3. The van der Waals surface area contributed by atoms with Crippen molar-refractivity contribution in [3.63, 3.8) is 0 Å². The number of nitrogens with two attached hydrogens (primary N) is 1. The number of hydrogen-bond donors (Lipinski definition) is 2. The summed E-state index contributed by atoms with van der Waals surface area (Å²) in [5.41, 5.74) is 5.92. The molecule has 0 heterocycles. The topological polar surface area (TPSA) is 55.5 Å². The molecule has 0 amide bonds. The lowest BCUT2D eigenvalue weighted by atomic mass is 10.3. The zero-order chi connectivity index (χ0) is 11.1. The van der Waals surface area contributed by atoms with Crippen molar-refractivity contribution >= 4 is 17.4 Å². The van der Waals surface area contributed by atoms with Crippen LogP contribution in [0.1, 0.15) is 0 Å². The molecule has 0 aliphatic rings. The minimum absolute atomic E-state index is 0.0254. The maximum Gasteiger partial charge on any atom is 0.126 e. The molecule has 3 nitrogen and oxygen atoms in total. The highest BCUT2D eigenvalue weighted by molar-refractivity contribution is 7.99. The Bertz CT molecular complexity index is 289. The van der Waals surface area contributed by atoms with Crippen molar-refractivity contribution in [3.8, 4) is 0 Å². The molecule has 0 aliphatic carbocycles. The molecule has 0 saturated carbocycles. The van der Waals surface area contributed by atoms with E-state index in [1.54, 1.807) is 6.07 Å². The van der Waals surface area contributed by atoms with Crippen LogP contribution in [-0.2, 0) is 4.74 Å². The van der Waals surface area contributed by atoms with Gasteiger partial charge in [0, 0.05) is 16.3 Å². The van der Waals surface area contributed by atoms with Gasteiger partial charge in [-0.05, 0) is 18.2 Å². The van der Waals surface area contributed by atoms with E-state index in [0.29, 0.717) is 24.7 Å². The fraction of sp³-hybridized carbons (Fsp3) is 0.400. The van der Waals surface area contributed by atoms with Gasteiger partial charge in [0.1, 0.15) is 5.82 Å². The van der Waals surface area contributed by atoms with Crippen molar-refractivity contribution < 1.29 is 14.2 Å². The fourth-order valence-electron chi connectivity index (χ4n) is 1.05. The maximum absolute atomic E-state index is 12.9. The smallest absolute Gasteiger partial charge is 0.126 e. The van der Waals surface area contributed by atoms with Gasteiger partial charge in [0.05, 0.1) is 19.8 Å². The minimum Gasteiger partial charge on any atom is -0.399 e. The quantitative estimate of drug-likeness (QED) is 0.442. The average Bonchev–Trinajstić information content (AvgIpc) is 2.16. The summed E-state index contributed by atoms with van der Waals surface area (Å²) in [7, 11) is 0. The third-order valence-electron chi connectivity index (χ3n) is 1.63. The van der Waals surface area contributed by atoms with E-state index in [4.69, 9.17) is 15.6 Å². The van der Waals surface area contributed by atoms with Gasteiger partial charge >= 0.3 is 0 Å². The molecule has 3 N–H and O–H groups in total. The summed E-state index contributed by atoms with van der Waals surface area (Å²) in [6, 6.07) is 4.44. The number of aliphatic hydroxyl groups excluding tert-OH is 1. The summed E-state index contributed by atoms with van der Waals surface area (Å²) >= 11 is 1.47. The van der Waals surface area contributed by atoms with E-state index in [2.05, 4.69) is 0 Å². The van der Waals surface area contributed by atoms with Crippen LogP contribution in [0.4, 0.5) is 10.1 Å². The molecule has 5 heteroatoms. The summed E-state index contributed by atoms with van der Waals surface area (Å²) in [6.07, 6.45) is 0. The van der Waals surface area contributed by atoms with Crippen molar-refractivity contribution in [1.29, 1.82) is 0 Å². The largest absolute Gasteiger partial charge is 0.399 e. The summed E-state index contributed by atoms with van der Waals surface area (Å²) in [6.45, 7) is 0.894. The Morgan fingerprint density at radius 1 is 1.33 bits per heavy atom. The van der Waals surface area contributed by atoms with Crippen LogP contribution < -0.4 is 5.73 Å². The van der Waals surface area contributed by atoms with E-state index in [1.807, 2.05) is 0 Å². The molecule has 0 radical (unpaired) electrons. The van der Waals surface area contributed by atoms with Crippen LogP contribution in [0.15, 0.2) is 23.1 Å². The van der Waals surface area contributed by atoms with Crippen LogP contribution in [0.25, 0.3) is 0 Å². The Hall–Kier alpha value is -0.780. The van der Waals surface area contributed by atoms with Crippen molar-refractivity contribution in [2.75, 3.05) is 31.3 Å². The molecule has 0 aromatic heterocycles. The first-order valence-corrected chi connectivity index (χ1v) is 5.58. The molecule has 0 fully saturated rings. The number of ether oxygens (including phenoxy) is 1. The van der Waals surface area contributed by atoms with Gasteiger partial charge in [-0.15, -0.1) is 11.8 Å². The molecule has 1 rings (SSSR count). The van der Waals surface area contributed by atoms with Gasteiger partial charge in [0.25, 0.3) is 0 Å². The molecule has 1 aromatic rings. The number of hydrogen-bond acceptors (Lipinski definition) is 4. The molecule has 1 aromatic carbocycles. The SMILES string of the molecule is Nc1cc(F)cc(SCCOCCO)c1. The monoisotopic (exact) mass is 231 g/mol. The lowest BCUT2D eigenvalue weighted by molar-refractivity contribution is 0.103. The van der Waals surface area contributed by atoms with Gasteiger partial charge in [-0.25, -0.2) is 4.39 Å². The van der Waals surface area contributed by atoms with Gasteiger partial charge in [0.2, 0.25) is 0 Å². The van der Waals surface area contributed by atoms with Gasteiger partial charge < -0.3 is 15.6 Å². The number of nitrogen functional groups attached to an aromatic ring is 1. The first-order chi connectivity index (χ1) is 7.22. The Kier molecular flexibility index (Phi) is 5.45. The Morgan fingerprint density at radius 3 is 2.80 bits per heavy atom. The molecule has 0 aliphatic heterocycles. The highest BCUT2D eigenvalue weighted by Crippen LogP contribution is 2.21. The Labute approximate surface area is 92.4 Å². The maximum atomic E-state index is 12.9. The number of benzene rings is 1. The van der Waals surface area contributed by atoms with Crippen LogP contribution in [-0.4, -0.2) is 30.7 Å². The molecule has 0 atom stereocenters. The molecule has 0 saturated heterocycles. The van der Waals surface area contributed by atoms with E-state index < -0.39 is 0 Å². The lowest BCUT2D eigenvalue weighted by Crippen LogP contribution is -2.02. The second-order valence-electron chi connectivity index (χ2n) is 2.90. The lowest BCUT2D eigenvalue weighted by Gasteiger charge is -2.04. The van der Waals surface area contributed by atoms with Crippen LogP contribution in [0, 0.1) is 5.82 Å². The van der Waals surface area contributed by atoms with Gasteiger partial charge in [-0.3, -0.25) is 0 Å². The van der Waals surface area contributed by atoms with E-state index in [-0.39, 0.29) is 12.4 Å². The molecule has 0 unspecified atom stereocenters. The fourth-order valence-corrected chi connectivity index (χ4v) is 1.90. The van der Waals surface area contributed by atoms with E-state index in [0.717, 1.165) is 4.90 Å². The first-order valence-electron chi connectivity index (χ1n) is 4.60. The van der Waals surface area contributed by atoms with Crippen LogP contribution in [0.5, 0.6) is 0 Å². The zero-order valence-corrected chi connectivity index (χ0v) is 9.10. The average molecular weight is 231 g/mol. The van der Waals surface area contributed by atoms with Crippen molar-refractivity contribution in [1.82, 2.24) is 0 Å². The van der Waals surface area contributed by atoms with Gasteiger partial charge in [-0.2, -0.15) is 0 Å². The number of rotatable bonds is 6.